The molecule has 2 saturated carbocycles. The predicted octanol–water partition coefficient (Wildman–Crippen LogP) is 4.11. The first-order valence-corrected chi connectivity index (χ1v) is 10.1. The van der Waals surface area contributed by atoms with Crippen LogP contribution in [0.1, 0.15) is 49.1 Å². The number of fused-ring (bicyclic) bond motifs is 1. The van der Waals surface area contributed by atoms with Gasteiger partial charge in [-0.1, -0.05) is 31.0 Å². The monoisotopic (exact) mass is 364 g/mol. The van der Waals surface area contributed by atoms with Crippen molar-refractivity contribution in [1.82, 2.24) is 10.3 Å². The molecule has 2 aliphatic rings. The average Bonchev–Trinajstić information content (AvgIpc) is 2.72. The Bertz CT molecular complexity index is 760. The molecule has 4 nitrogen and oxygen atoms in total. The van der Waals surface area contributed by atoms with Crippen molar-refractivity contribution >= 4 is 5.91 Å². The van der Waals surface area contributed by atoms with Gasteiger partial charge in [0.25, 0.3) is 0 Å². The van der Waals surface area contributed by atoms with Gasteiger partial charge in [0.1, 0.15) is 5.75 Å². The number of pyridine rings is 1. The number of methoxy groups -OCH3 is 1. The van der Waals surface area contributed by atoms with Crippen LogP contribution in [0.5, 0.6) is 5.75 Å². The third kappa shape index (κ3) is 3.85. The molecular weight excluding hydrogens is 336 g/mol. The molecule has 4 atom stereocenters. The summed E-state index contributed by atoms with van der Waals surface area (Å²) >= 11 is 0. The summed E-state index contributed by atoms with van der Waals surface area (Å²) in [5, 5.41) is 3.37. The lowest BCUT2D eigenvalue weighted by atomic mass is 9.53. The number of amides is 1. The molecule has 27 heavy (non-hydrogen) atoms. The molecule has 1 aromatic heterocycles. The number of nitrogens with zero attached hydrogens (tertiary/aromatic N) is 1. The van der Waals surface area contributed by atoms with Crippen molar-refractivity contribution in [3.05, 3.63) is 59.9 Å². The quantitative estimate of drug-likeness (QED) is 0.839. The fourth-order valence-electron chi connectivity index (χ4n) is 5.01. The van der Waals surface area contributed by atoms with E-state index in [0.29, 0.717) is 24.2 Å². The first kappa shape index (κ1) is 18.0. The molecule has 0 spiro atoms. The van der Waals surface area contributed by atoms with E-state index in [1.54, 1.807) is 13.3 Å². The molecule has 1 amide bonds. The van der Waals surface area contributed by atoms with Crippen molar-refractivity contribution in [3.63, 3.8) is 0 Å². The maximum Gasteiger partial charge on any atom is 0.220 e. The van der Waals surface area contributed by atoms with E-state index in [1.807, 2.05) is 30.5 Å². The summed E-state index contributed by atoms with van der Waals surface area (Å²) in [6.07, 6.45) is 10.00. The van der Waals surface area contributed by atoms with E-state index in [2.05, 4.69) is 22.4 Å². The van der Waals surface area contributed by atoms with Crippen LogP contribution in [0, 0.1) is 11.8 Å². The number of carbonyl (C=O) groups is 1. The number of hydrogen-bond donors (Lipinski definition) is 1. The Balaban J connectivity index is 1.42. The van der Waals surface area contributed by atoms with Crippen LogP contribution in [0.4, 0.5) is 0 Å². The number of hydrogen-bond acceptors (Lipinski definition) is 3. The van der Waals surface area contributed by atoms with Crippen LogP contribution in [0.3, 0.4) is 0 Å². The molecule has 0 bridgehead atoms. The van der Waals surface area contributed by atoms with E-state index < -0.39 is 0 Å². The molecule has 0 saturated heterocycles. The van der Waals surface area contributed by atoms with E-state index in [1.165, 1.54) is 31.2 Å². The summed E-state index contributed by atoms with van der Waals surface area (Å²) in [7, 11) is 1.70. The Hall–Kier alpha value is -2.36. The van der Waals surface area contributed by atoms with Crippen molar-refractivity contribution in [2.24, 2.45) is 11.8 Å². The van der Waals surface area contributed by atoms with Gasteiger partial charge in [-0.05, 0) is 60.4 Å². The van der Waals surface area contributed by atoms with Crippen molar-refractivity contribution in [2.75, 3.05) is 7.11 Å². The van der Waals surface area contributed by atoms with Crippen LogP contribution >= 0.6 is 0 Å². The number of nitrogens with one attached hydrogen (secondary N) is 1. The van der Waals surface area contributed by atoms with Crippen LogP contribution in [0.2, 0.25) is 0 Å². The Morgan fingerprint density at radius 3 is 2.63 bits per heavy atom. The van der Waals surface area contributed by atoms with Gasteiger partial charge >= 0.3 is 0 Å². The van der Waals surface area contributed by atoms with Gasteiger partial charge in [-0.25, -0.2) is 0 Å². The molecule has 1 aromatic carbocycles. The molecule has 0 aliphatic heterocycles. The van der Waals surface area contributed by atoms with Crippen molar-refractivity contribution in [2.45, 2.75) is 50.5 Å². The molecule has 1 heterocycles. The van der Waals surface area contributed by atoms with E-state index in [0.717, 1.165) is 17.7 Å². The highest BCUT2D eigenvalue weighted by atomic mass is 16.5. The molecule has 2 aliphatic carbocycles. The van der Waals surface area contributed by atoms with Gasteiger partial charge in [0.2, 0.25) is 5.91 Å². The van der Waals surface area contributed by atoms with Gasteiger partial charge in [0.05, 0.1) is 7.11 Å². The summed E-state index contributed by atoms with van der Waals surface area (Å²) in [5.74, 6) is 2.81. The number of rotatable bonds is 6. The summed E-state index contributed by atoms with van der Waals surface area (Å²) in [6.45, 7) is 0. The maximum absolute atomic E-state index is 12.6. The van der Waals surface area contributed by atoms with Gasteiger partial charge in [-0.3, -0.25) is 9.78 Å². The Kier molecular flexibility index (Phi) is 5.42. The lowest BCUT2D eigenvalue weighted by molar-refractivity contribution is -0.124. The number of carbonyl (C=O) groups excluding carboxylic acids is 1. The molecule has 1 N–H and O–H groups in total. The van der Waals surface area contributed by atoms with Crippen LogP contribution in [-0.2, 0) is 11.2 Å². The second kappa shape index (κ2) is 8.12. The molecule has 2 aromatic rings. The molecule has 4 rings (SSSR count). The lowest BCUT2D eigenvalue weighted by Crippen LogP contribution is -2.59. The van der Waals surface area contributed by atoms with E-state index in [-0.39, 0.29) is 11.9 Å². The Labute approximate surface area is 161 Å². The van der Waals surface area contributed by atoms with Gasteiger partial charge in [0, 0.05) is 30.8 Å². The summed E-state index contributed by atoms with van der Waals surface area (Å²) in [5.41, 5.74) is 2.44. The highest BCUT2D eigenvalue weighted by molar-refractivity contribution is 5.77. The van der Waals surface area contributed by atoms with Crippen LogP contribution in [-0.4, -0.2) is 24.0 Å². The van der Waals surface area contributed by atoms with Gasteiger partial charge in [0.15, 0.2) is 0 Å². The number of benzene rings is 1. The zero-order valence-electron chi connectivity index (χ0n) is 15.9. The van der Waals surface area contributed by atoms with E-state index in [4.69, 9.17) is 4.74 Å². The minimum atomic E-state index is 0.159. The minimum Gasteiger partial charge on any atom is -0.497 e. The minimum absolute atomic E-state index is 0.159. The molecule has 2 fully saturated rings. The van der Waals surface area contributed by atoms with Crippen LogP contribution in [0.25, 0.3) is 0 Å². The van der Waals surface area contributed by atoms with Gasteiger partial charge < -0.3 is 10.1 Å². The highest BCUT2D eigenvalue weighted by Gasteiger charge is 2.51. The molecule has 142 valence electrons. The third-order valence-corrected chi connectivity index (χ3v) is 6.38. The summed E-state index contributed by atoms with van der Waals surface area (Å²) < 4.78 is 5.30. The second-order valence-electron chi connectivity index (χ2n) is 7.87. The largest absolute Gasteiger partial charge is 0.497 e. The molecule has 0 radical (unpaired) electrons. The fraction of sp³-hybridized carbons (Fsp3) is 0.478. The second-order valence-corrected chi connectivity index (χ2v) is 7.87. The van der Waals surface area contributed by atoms with Gasteiger partial charge in [-0.15, -0.1) is 0 Å². The normalized spacial score (nSPS) is 26.6. The SMILES string of the molecule is COc1ccc([C@H]2[C@H]3CCCC[C@@H]3[C@@H]2NC(=O)CCc2cccnc2)cc1. The third-order valence-electron chi connectivity index (χ3n) is 6.38. The zero-order valence-corrected chi connectivity index (χ0v) is 15.9. The predicted molar refractivity (Wildman–Crippen MR) is 106 cm³/mol. The Morgan fingerprint density at radius 2 is 1.93 bits per heavy atom. The average molecular weight is 364 g/mol. The highest BCUT2D eigenvalue weighted by Crippen LogP contribution is 2.54. The van der Waals surface area contributed by atoms with Crippen molar-refractivity contribution in [3.8, 4) is 5.75 Å². The summed E-state index contributed by atoms with van der Waals surface area (Å²) in [4.78, 5) is 16.7. The van der Waals surface area contributed by atoms with E-state index in [9.17, 15) is 4.79 Å². The number of aryl methyl sites for hydroxylation is 1. The first-order chi connectivity index (χ1) is 13.3. The zero-order chi connectivity index (χ0) is 18.6. The topological polar surface area (TPSA) is 51.2 Å². The van der Waals surface area contributed by atoms with Crippen molar-refractivity contribution in [1.29, 1.82) is 0 Å². The number of aromatic nitrogens is 1. The lowest BCUT2D eigenvalue weighted by Gasteiger charge is -2.55. The van der Waals surface area contributed by atoms with Crippen LogP contribution < -0.4 is 10.1 Å². The smallest absolute Gasteiger partial charge is 0.220 e. The number of ether oxygens (including phenoxy) is 1. The van der Waals surface area contributed by atoms with E-state index >= 15 is 0 Å². The molecular formula is C23H28N2O2. The van der Waals surface area contributed by atoms with Crippen LogP contribution in [0.15, 0.2) is 48.8 Å². The van der Waals surface area contributed by atoms with Gasteiger partial charge in [-0.2, -0.15) is 0 Å². The maximum atomic E-state index is 12.6. The first-order valence-electron chi connectivity index (χ1n) is 10.1. The fourth-order valence-corrected chi connectivity index (χ4v) is 5.01. The standard InChI is InChI=1S/C23H28N2O2/c1-27-18-11-9-17(10-12-18)22-19-6-2-3-7-20(19)23(22)25-21(26)13-8-16-5-4-14-24-15-16/h4-5,9-12,14-15,19-20,22-23H,2-3,6-8,13H2,1H3,(H,25,26)/t19-,20-,22-,23-/m0/s1. The molecule has 0 unspecified atom stereocenters. The molecule has 4 heteroatoms. The Morgan fingerprint density at radius 1 is 1.15 bits per heavy atom. The van der Waals surface area contributed by atoms with Crippen molar-refractivity contribution < 1.29 is 9.53 Å². The summed E-state index contributed by atoms with van der Waals surface area (Å²) in [6, 6.07) is 12.6.